The maximum atomic E-state index is 12.1. The van der Waals surface area contributed by atoms with E-state index >= 15 is 0 Å². The van der Waals surface area contributed by atoms with Crippen LogP contribution in [0.3, 0.4) is 0 Å². The molecule has 1 aromatic carbocycles. The van der Waals surface area contributed by atoms with E-state index in [1.54, 1.807) is 6.92 Å². The molecule has 1 saturated carbocycles. The maximum absolute atomic E-state index is 12.1. The summed E-state index contributed by atoms with van der Waals surface area (Å²) >= 11 is 0. The van der Waals surface area contributed by atoms with Gasteiger partial charge in [0.2, 0.25) is 0 Å². The molecule has 22 heavy (non-hydrogen) atoms. The minimum atomic E-state index is -0.551. The van der Waals surface area contributed by atoms with E-state index < -0.39 is 6.10 Å². The first-order chi connectivity index (χ1) is 10.3. The van der Waals surface area contributed by atoms with E-state index in [2.05, 4.69) is 32.2 Å². The zero-order valence-electron chi connectivity index (χ0n) is 14.0. The topological polar surface area (TPSA) is 58.6 Å². The van der Waals surface area contributed by atoms with Gasteiger partial charge in [-0.3, -0.25) is 4.79 Å². The van der Waals surface area contributed by atoms with E-state index in [0.29, 0.717) is 12.3 Å². The molecule has 0 aromatic heterocycles. The van der Waals surface area contributed by atoms with Crippen molar-refractivity contribution in [3.63, 3.8) is 0 Å². The largest absolute Gasteiger partial charge is 0.481 e. The van der Waals surface area contributed by atoms with Crippen molar-refractivity contribution in [2.45, 2.75) is 52.1 Å². The highest BCUT2D eigenvalue weighted by molar-refractivity contribution is 5.80. The number of rotatable bonds is 6. The summed E-state index contributed by atoms with van der Waals surface area (Å²) in [5.41, 5.74) is 1.14. The molecule has 1 fully saturated rings. The van der Waals surface area contributed by atoms with Crippen molar-refractivity contribution in [1.82, 2.24) is 5.32 Å². The zero-order valence-corrected chi connectivity index (χ0v) is 14.0. The molecule has 0 radical (unpaired) electrons. The molecule has 1 atom stereocenters. The van der Waals surface area contributed by atoms with Gasteiger partial charge in [-0.1, -0.05) is 32.9 Å². The summed E-state index contributed by atoms with van der Waals surface area (Å²) < 4.78 is 5.76. The van der Waals surface area contributed by atoms with Crippen molar-refractivity contribution in [3.05, 3.63) is 29.8 Å². The Labute approximate surface area is 132 Å². The molecule has 122 valence electrons. The number of carbonyl (C=O) groups is 1. The molecule has 2 rings (SSSR count). The Morgan fingerprint density at radius 2 is 2.09 bits per heavy atom. The molecule has 0 aliphatic heterocycles. The number of aliphatic hydroxyl groups excluding tert-OH is 1. The second-order valence-electron chi connectivity index (χ2n) is 7.41. The minimum Gasteiger partial charge on any atom is -0.481 e. The van der Waals surface area contributed by atoms with Crippen molar-refractivity contribution in [2.75, 3.05) is 13.2 Å². The predicted octanol–water partition coefficient (Wildman–Crippen LogP) is 2.64. The van der Waals surface area contributed by atoms with Crippen LogP contribution in [0.2, 0.25) is 0 Å². The average molecular weight is 305 g/mol. The Balaban J connectivity index is 1.91. The Bertz CT molecular complexity index is 529. The summed E-state index contributed by atoms with van der Waals surface area (Å²) in [5.74, 6) is 0.569. The van der Waals surface area contributed by atoms with Gasteiger partial charge in [0.25, 0.3) is 5.91 Å². The van der Waals surface area contributed by atoms with Gasteiger partial charge in [0.05, 0.1) is 6.61 Å². The first-order valence-electron chi connectivity index (χ1n) is 7.92. The van der Waals surface area contributed by atoms with E-state index in [-0.39, 0.29) is 23.3 Å². The normalized spacial score (nSPS) is 17.7. The van der Waals surface area contributed by atoms with E-state index in [9.17, 15) is 9.90 Å². The quantitative estimate of drug-likeness (QED) is 0.849. The predicted molar refractivity (Wildman–Crippen MR) is 87.0 cm³/mol. The van der Waals surface area contributed by atoms with Gasteiger partial charge in [0.1, 0.15) is 5.75 Å². The molecule has 1 unspecified atom stereocenters. The molecule has 1 aliphatic carbocycles. The summed E-state index contributed by atoms with van der Waals surface area (Å²) in [6, 6.07) is 7.87. The van der Waals surface area contributed by atoms with Crippen LogP contribution in [0, 0.1) is 5.41 Å². The Kier molecular flexibility index (Phi) is 4.81. The van der Waals surface area contributed by atoms with Crippen LogP contribution in [0.5, 0.6) is 5.75 Å². The van der Waals surface area contributed by atoms with Gasteiger partial charge in [0.15, 0.2) is 6.10 Å². The maximum Gasteiger partial charge on any atom is 0.260 e. The lowest BCUT2D eigenvalue weighted by atomic mass is 9.87. The van der Waals surface area contributed by atoms with Gasteiger partial charge in [-0.25, -0.2) is 0 Å². The third-order valence-corrected chi connectivity index (χ3v) is 4.31. The third-order valence-electron chi connectivity index (χ3n) is 4.31. The lowest BCUT2D eigenvalue weighted by molar-refractivity contribution is -0.127. The molecule has 4 nitrogen and oxygen atoms in total. The van der Waals surface area contributed by atoms with Crippen molar-refractivity contribution in [2.24, 2.45) is 5.41 Å². The third kappa shape index (κ3) is 4.23. The number of ether oxygens (including phenoxy) is 1. The van der Waals surface area contributed by atoms with Crippen LogP contribution in [-0.2, 0) is 10.2 Å². The Morgan fingerprint density at radius 3 is 2.64 bits per heavy atom. The zero-order chi connectivity index (χ0) is 16.4. The van der Waals surface area contributed by atoms with Crippen LogP contribution in [-0.4, -0.2) is 30.3 Å². The number of benzene rings is 1. The molecular weight excluding hydrogens is 278 g/mol. The number of amides is 1. The highest BCUT2D eigenvalue weighted by Gasteiger charge is 2.42. The van der Waals surface area contributed by atoms with Crippen LogP contribution in [0.1, 0.15) is 46.1 Å². The minimum absolute atomic E-state index is 0.0460. The molecule has 1 amide bonds. The van der Waals surface area contributed by atoms with Gasteiger partial charge in [0, 0.05) is 12.0 Å². The smallest absolute Gasteiger partial charge is 0.260 e. The molecule has 2 N–H and O–H groups in total. The van der Waals surface area contributed by atoms with E-state index in [1.807, 2.05) is 18.2 Å². The number of hydrogen-bond acceptors (Lipinski definition) is 3. The fourth-order valence-corrected chi connectivity index (χ4v) is 2.28. The standard InChI is InChI=1S/C18H27NO3/c1-13(16(21)19-11-18(12-20)8-9-18)22-15-7-5-6-14(10-15)17(2,3)4/h5-7,10,13,20H,8-9,11-12H2,1-4H3,(H,19,21). The van der Waals surface area contributed by atoms with Crippen molar-refractivity contribution >= 4 is 5.91 Å². The second-order valence-corrected chi connectivity index (χ2v) is 7.41. The summed E-state index contributed by atoms with van der Waals surface area (Å²) in [6.45, 7) is 8.84. The first-order valence-corrected chi connectivity index (χ1v) is 7.92. The van der Waals surface area contributed by atoms with Gasteiger partial charge >= 0.3 is 0 Å². The number of nitrogens with one attached hydrogen (secondary N) is 1. The second kappa shape index (κ2) is 6.29. The van der Waals surface area contributed by atoms with Crippen LogP contribution >= 0.6 is 0 Å². The summed E-state index contributed by atoms with van der Waals surface area (Å²) in [7, 11) is 0. The molecule has 0 bridgehead atoms. The molecule has 4 heteroatoms. The van der Waals surface area contributed by atoms with Gasteiger partial charge < -0.3 is 15.2 Å². The number of carbonyl (C=O) groups excluding carboxylic acids is 1. The Morgan fingerprint density at radius 1 is 1.41 bits per heavy atom. The summed E-state index contributed by atoms with van der Waals surface area (Å²) in [4.78, 5) is 12.1. The molecule has 0 spiro atoms. The van der Waals surface area contributed by atoms with Crippen LogP contribution in [0.4, 0.5) is 0 Å². The van der Waals surface area contributed by atoms with Crippen LogP contribution < -0.4 is 10.1 Å². The first kappa shape index (κ1) is 16.8. The van der Waals surface area contributed by atoms with Crippen molar-refractivity contribution < 1.29 is 14.6 Å². The number of aliphatic hydroxyl groups is 1. The number of hydrogen-bond donors (Lipinski definition) is 2. The molecule has 1 aliphatic rings. The lowest BCUT2D eigenvalue weighted by Crippen LogP contribution is -2.40. The van der Waals surface area contributed by atoms with E-state index in [4.69, 9.17) is 4.74 Å². The molecular formula is C18H27NO3. The van der Waals surface area contributed by atoms with Crippen LogP contribution in [0.15, 0.2) is 24.3 Å². The highest BCUT2D eigenvalue weighted by Crippen LogP contribution is 2.44. The Hall–Kier alpha value is -1.55. The summed E-state index contributed by atoms with van der Waals surface area (Å²) in [6.07, 6.45) is 1.41. The fraction of sp³-hybridized carbons (Fsp3) is 0.611. The fourth-order valence-electron chi connectivity index (χ4n) is 2.28. The molecule has 0 saturated heterocycles. The van der Waals surface area contributed by atoms with Gasteiger partial charge in [-0.15, -0.1) is 0 Å². The summed E-state index contributed by atoms with van der Waals surface area (Å²) in [5, 5.41) is 12.1. The SMILES string of the molecule is CC(Oc1cccc(C(C)(C)C)c1)C(=O)NCC1(CO)CC1. The molecule has 0 heterocycles. The highest BCUT2D eigenvalue weighted by atomic mass is 16.5. The van der Waals surface area contributed by atoms with E-state index in [0.717, 1.165) is 12.8 Å². The van der Waals surface area contributed by atoms with Crippen LogP contribution in [0.25, 0.3) is 0 Å². The van der Waals surface area contributed by atoms with E-state index in [1.165, 1.54) is 5.56 Å². The van der Waals surface area contributed by atoms with Crippen molar-refractivity contribution in [1.29, 1.82) is 0 Å². The lowest BCUT2D eigenvalue weighted by Gasteiger charge is -2.21. The average Bonchev–Trinajstić information content (AvgIpc) is 3.25. The van der Waals surface area contributed by atoms with Crippen molar-refractivity contribution in [3.8, 4) is 5.75 Å². The van der Waals surface area contributed by atoms with Gasteiger partial charge in [-0.2, -0.15) is 0 Å². The van der Waals surface area contributed by atoms with Gasteiger partial charge in [-0.05, 0) is 42.9 Å². The monoisotopic (exact) mass is 305 g/mol. The molecule has 1 aromatic rings.